The zero-order valence-electron chi connectivity index (χ0n) is 13.8. The molecule has 0 aliphatic carbocycles. The lowest BCUT2D eigenvalue weighted by Gasteiger charge is -2.19. The number of benzene rings is 2. The highest BCUT2D eigenvalue weighted by Crippen LogP contribution is 2.28. The van der Waals surface area contributed by atoms with Gasteiger partial charge in [-0.15, -0.1) is 0 Å². The number of hydrogen-bond acceptors (Lipinski definition) is 3. The highest BCUT2D eigenvalue weighted by molar-refractivity contribution is 7.89. The Morgan fingerprint density at radius 2 is 1.76 bits per heavy atom. The minimum absolute atomic E-state index is 0.0400. The first-order chi connectivity index (χ1) is 11.8. The molecule has 8 heteroatoms. The Morgan fingerprint density at radius 1 is 1.08 bits per heavy atom. The molecule has 25 heavy (non-hydrogen) atoms. The number of hydrogen-bond donors (Lipinski definition) is 1. The molecule has 0 saturated heterocycles. The number of nitrogens with zero attached hydrogens (tertiary/aromatic N) is 1. The molecular weight excluding hydrogens is 383 g/mol. The lowest BCUT2D eigenvalue weighted by Crippen LogP contribution is -2.30. The zero-order valence-corrected chi connectivity index (χ0v) is 16.1. The summed E-state index contributed by atoms with van der Waals surface area (Å²) in [5.74, 6) is -0.393. The number of anilines is 1. The van der Waals surface area contributed by atoms with Crippen molar-refractivity contribution in [1.29, 1.82) is 0 Å². The van der Waals surface area contributed by atoms with Crippen LogP contribution in [0, 0.1) is 0 Å². The Labute approximate surface area is 157 Å². The van der Waals surface area contributed by atoms with Crippen LogP contribution in [0.2, 0.25) is 10.0 Å². The predicted octanol–water partition coefficient (Wildman–Crippen LogP) is 4.28. The van der Waals surface area contributed by atoms with E-state index in [-0.39, 0.29) is 9.92 Å². The number of carbonyl (C=O) groups is 1. The van der Waals surface area contributed by atoms with Crippen molar-refractivity contribution in [2.75, 3.05) is 18.4 Å². The van der Waals surface area contributed by atoms with Gasteiger partial charge in [-0.05, 0) is 36.4 Å². The van der Waals surface area contributed by atoms with Crippen molar-refractivity contribution in [2.45, 2.75) is 18.7 Å². The van der Waals surface area contributed by atoms with E-state index >= 15 is 0 Å². The number of nitrogens with one attached hydrogen (secondary N) is 1. The summed E-state index contributed by atoms with van der Waals surface area (Å²) in [6, 6.07) is 10.8. The van der Waals surface area contributed by atoms with Crippen molar-refractivity contribution in [3.63, 3.8) is 0 Å². The largest absolute Gasteiger partial charge is 0.322 e. The Balaban J connectivity index is 2.34. The second-order valence-electron chi connectivity index (χ2n) is 5.20. The summed E-state index contributed by atoms with van der Waals surface area (Å²) in [7, 11) is -3.73. The van der Waals surface area contributed by atoms with E-state index in [1.165, 1.54) is 22.5 Å². The smallest absolute Gasteiger partial charge is 0.255 e. The molecule has 1 N–H and O–H groups in total. The average molecular weight is 401 g/mol. The molecule has 0 bridgehead atoms. The van der Waals surface area contributed by atoms with E-state index in [4.69, 9.17) is 23.2 Å². The van der Waals surface area contributed by atoms with E-state index in [2.05, 4.69) is 5.32 Å². The quantitative estimate of drug-likeness (QED) is 0.786. The van der Waals surface area contributed by atoms with Gasteiger partial charge in [-0.2, -0.15) is 4.31 Å². The van der Waals surface area contributed by atoms with Gasteiger partial charge in [0.05, 0.1) is 5.02 Å². The summed E-state index contributed by atoms with van der Waals surface area (Å²) in [6.07, 6.45) is 0. The second kappa shape index (κ2) is 8.19. The molecule has 0 spiro atoms. The molecule has 2 aromatic carbocycles. The molecule has 2 aromatic rings. The summed E-state index contributed by atoms with van der Waals surface area (Å²) in [6.45, 7) is 4.15. The average Bonchev–Trinajstić information content (AvgIpc) is 2.57. The number of amides is 1. The Kier molecular flexibility index (Phi) is 6.46. The highest BCUT2D eigenvalue weighted by atomic mass is 35.5. The molecule has 0 radical (unpaired) electrons. The third-order valence-electron chi connectivity index (χ3n) is 3.60. The zero-order chi connectivity index (χ0) is 18.6. The van der Waals surface area contributed by atoms with Crippen molar-refractivity contribution in [3.05, 3.63) is 58.1 Å². The van der Waals surface area contributed by atoms with Crippen LogP contribution in [0.4, 0.5) is 5.69 Å². The summed E-state index contributed by atoms with van der Waals surface area (Å²) in [5.41, 5.74) is 0.704. The molecule has 0 unspecified atom stereocenters. The monoisotopic (exact) mass is 400 g/mol. The van der Waals surface area contributed by atoms with Crippen LogP contribution < -0.4 is 5.32 Å². The number of sulfonamides is 1. The van der Waals surface area contributed by atoms with Crippen molar-refractivity contribution in [3.8, 4) is 0 Å². The second-order valence-corrected chi connectivity index (χ2v) is 7.95. The van der Waals surface area contributed by atoms with E-state index < -0.39 is 15.9 Å². The van der Waals surface area contributed by atoms with Crippen LogP contribution in [0.3, 0.4) is 0 Å². The standard InChI is InChI=1S/C17H18Cl2N2O3S/c1-3-21(4-2)25(23,24)16-11-14(8-9-15(16)19)20-17(22)12-6-5-7-13(18)10-12/h5-11H,3-4H2,1-2H3,(H,20,22). The lowest BCUT2D eigenvalue weighted by atomic mass is 10.2. The number of halogens is 2. The van der Waals surface area contributed by atoms with Gasteiger partial charge >= 0.3 is 0 Å². The molecule has 0 saturated carbocycles. The molecule has 2 rings (SSSR count). The van der Waals surface area contributed by atoms with Gasteiger partial charge in [0.1, 0.15) is 4.90 Å². The summed E-state index contributed by atoms with van der Waals surface area (Å²) in [5, 5.41) is 3.20. The fourth-order valence-corrected chi connectivity index (χ4v) is 4.46. The minimum Gasteiger partial charge on any atom is -0.322 e. The Bertz CT molecular complexity index is 881. The summed E-state index contributed by atoms with van der Waals surface area (Å²) in [4.78, 5) is 12.3. The Morgan fingerprint density at radius 3 is 2.36 bits per heavy atom. The van der Waals surface area contributed by atoms with E-state index in [0.717, 1.165) is 0 Å². The van der Waals surface area contributed by atoms with Gasteiger partial charge in [0.15, 0.2) is 0 Å². The van der Waals surface area contributed by atoms with Crippen molar-refractivity contribution < 1.29 is 13.2 Å². The van der Waals surface area contributed by atoms with Crippen molar-refractivity contribution in [2.24, 2.45) is 0 Å². The Hall–Kier alpha value is -1.60. The fourth-order valence-electron chi connectivity index (χ4n) is 2.31. The van der Waals surface area contributed by atoms with Gasteiger partial charge in [0.2, 0.25) is 10.0 Å². The third-order valence-corrected chi connectivity index (χ3v) is 6.37. The van der Waals surface area contributed by atoms with Gasteiger partial charge in [-0.3, -0.25) is 4.79 Å². The van der Waals surface area contributed by atoms with Crippen LogP contribution in [-0.2, 0) is 10.0 Å². The van der Waals surface area contributed by atoms with Crippen molar-refractivity contribution in [1.82, 2.24) is 4.31 Å². The molecule has 0 aliphatic heterocycles. The maximum Gasteiger partial charge on any atom is 0.255 e. The lowest BCUT2D eigenvalue weighted by molar-refractivity contribution is 0.102. The van der Waals surface area contributed by atoms with Crippen LogP contribution >= 0.6 is 23.2 Å². The minimum atomic E-state index is -3.73. The topological polar surface area (TPSA) is 66.5 Å². The molecule has 0 heterocycles. The number of carbonyl (C=O) groups excluding carboxylic acids is 1. The van der Waals surface area contributed by atoms with Gasteiger partial charge in [0.25, 0.3) is 5.91 Å². The normalized spacial score (nSPS) is 11.6. The van der Waals surface area contributed by atoms with Crippen LogP contribution in [0.25, 0.3) is 0 Å². The summed E-state index contributed by atoms with van der Waals surface area (Å²) < 4.78 is 26.7. The predicted molar refractivity (Wildman–Crippen MR) is 101 cm³/mol. The van der Waals surface area contributed by atoms with E-state index in [0.29, 0.717) is 29.4 Å². The van der Waals surface area contributed by atoms with E-state index in [9.17, 15) is 13.2 Å². The van der Waals surface area contributed by atoms with Crippen LogP contribution in [0.5, 0.6) is 0 Å². The van der Waals surface area contributed by atoms with Crippen molar-refractivity contribution >= 4 is 44.8 Å². The maximum absolute atomic E-state index is 12.7. The molecular formula is C17H18Cl2N2O3S. The van der Waals surface area contributed by atoms with Crippen LogP contribution in [-0.4, -0.2) is 31.7 Å². The first-order valence-electron chi connectivity index (χ1n) is 7.66. The van der Waals surface area contributed by atoms with Gasteiger partial charge in [-0.25, -0.2) is 8.42 Å². The van der Waals surface area contributed by atoms with E-state index in [1.807, 2.05) is 0 Å². The first kappa shape index (κ1) is 19.7. The number of rotatable bonds is 6. The molecule has 0 aliphatic rings. The van der Waals surface area contributed by atoms with Gasteiger partial charge < -0.3 is 5.32 Å². The third kappa shape index (κ3) is 4.52. The van der Waals surface area contributed by atoms with Crippen LogP contribution in [0.1, 0.15) is 24.2 Å². The molecule has 1 amide bonds. The molecule has 0 atom stereocenters. The maximum atomic E-state index is 12.7. The fraction of sp³-hybridized carbons (Fsp3) is 0.235. The molecule has 0 aromatic heterocycles. The highest BCUT2D eigenvalue weighted by Gasteiger charge is 2.25. The summed E-state index contributed by atoms with van der Waals surface area (Å²) >= 11 is 12.0. The molecule has 0 fully saturated rings. The first-order valence-corrected chi connectivity index (χ1v) is 9.85. The SMILES string of the molecule is CCN(CC)S(=O)(=O)c1cc(NC(=O)c2cccc(Cl)c2)ccc1Cl. The molecule has 5 nitrogen and oxygen atoms in total. The van der Waals surface area contributed by atoms with Gasteiger partial charge in [-0.1, -0.05) is 43.1 Å². The molecule has 134 valence electrons. The van der Waals surface area contributed by atoms with Gasteiger partial charge in [0, 0.05) is 29.4 Å². The van der Waals surface area contributed by atoms with Crippen LogP contribution in [0.15, 0.2) is 47.4 Å². The van der Waals surface area contributed by atoms with E-state index in [1.54, 1.807) is 38.1 Å².